The standard InChI is InChI=1S/C7H17N.H3N/c1-5-8(6-2)7(3)4;/h7H,5-6H2,1-4H3;1H3. The van der Waals surface area contributed by atoms with Crippen LogP contribution in [0.1, 0.15) is 27.7 Å². The lowest BCUT2D eigenvalue weighted by Gasteiger charge is -2.21. The van der Waals surface area contributed by atoms with E-state index in [9.17, 15) is 0 Å². The predicted molar refractivity (Wildman–Crippen MR) is 43.1 cm³/mol. The van der Waals surface area contributed by atoms with Crippen LogP contribution in [0.3, 0.4) is 0 Å². The molecule has 0 fully saturated rings. The first-order chi connectivity index (χ1) is 3.72. The lowest BCUT2D eigenvalue weighted by molar-refractivity contribution is 0.246. The first-order valence-corrected chi connectivity index (χ1v) is 3.46. The molecule has 0 heterocycles. The minimum absolute atomic E-state index is 0. The van der Waals surface area contributed by atoms with Gasteiger partial charge in [-0.1, -0.05) is 13.8 Å². The van der Waals surface area contributed by atoms with Crippen molar-refractivity contribution in [1.82, 2.24) is 11.1 Å². The van der Waals surface area contributed by atoms with Crippen molar-refractivity contribution >= 4 is 0 Å². The maximum Gasteiger partial charge on any atom is 0.00383 e. The molecule has 0 atom stereocenters. The maximum atomic E-state index is 2.42. The molecular weight excluding hydrogens is 112 g/mol. The highest BCUT2D eigenvalue weighted by Gasteiger charge is 2.00. The number of hydrogen-bond donors (Lipinski definition) is 1. The molecule has 0 aliphatic carbocycles. The van der Waals surface area contributed by atoms with E-state index in [1.165, 1.54) is 13.1 Å². The first-order valence-electron chi connectivity index (χ1n) is 3.46. The third-order valence-corrected chi connectivity index (χ3v) is 1.54. The molecule has 0 aromatic heterocycles. The molecule has 0 spiro atoms. The Labute approximate surface area is 58.8 Å². The zero-order valence-electron chi connectivity index (χ0n) is 7.15. The molecule has 9 heavy (non-hydrogen) atoms. The van der Waals surface area contributed by atoms with Gasteiger partial charge in [-0.3, -0.25) is 0 Å². The number of hydrogen-bond acceptors (Lipinski definition) is 2. The molecule has 58 valence electrons. The van der Waals surface area contributed by atoms with E-state index in [1.807, 2.05) is 0 Å². The summed E-state index contributed by atoms with van der Waals surface area (Å²) < 4.78 is 0. The highest BCUT2D eigenvalue weighted by molar-refractivity contribution is 4.56. The van der Waals surface area contributed by atoms with Crippen LogP contribution in [-0.2, 0) is 0 Å². The zero-order valence-corrected chi connectivity index (χ0v) is 7.15. The molecular formula is C7H20N2. The Morgan fingerprint density at radius 3 is 1.44 bits per heavy atom. The maximum absolute atomic E-state index is 2.42. The van der Waals surface area contributed by atoms with Crippen molar-refractivity contribution < 1.29 is 0 Å². The highest BCUT2D eigenvalue weighted by atomic mass is 15.1. The van der Waals surface area contributed by atoms with Gasteiger partial charge in [0.1, 0.15) is 0 Å². The minimum Gasteiger partial charge on any atom is -0.344 e. The van der Waals surface area contributed by atoms with Gasteiger partial charge >= 0.3 is 0 Å². The Balaban J connectivity index is 0. The quantitative estimate of drug-likeness (QED) is 0.637. The Morgan fingerprint density at radius 1 is 1.11 bits per heavy atom. The van der Waals surface area contributed by atoms with Crippen molar-refractivity contribution in [2.75, 3.05) is 13.1 Å². The molecule has 0 aliphatic rings. The van der Waals surface area contributed by atoms with E-state index in [0.29, 0.717) is 6.04 Å². The van der Waals surface area contributed by atoms with E-state index in [0.717, 1.165) is 0 Å². The summed E-state index contributed by atoms with van der Waals surface area (Å²) in [4.78, 5) is 2.42. The molecule has 0 radical (unpaired) electrons. The van der Waals surface area contributed by atoms with Crippen molar-refractivity contribution in [3.63, 3.8) is 0 Å². The molecule has 3 N–H and O–H groups in total. The van der Waals surface area contributed by atoms with Crippen LogP contribution >= 0.6 is 0 Å². The lowest BCUT2D eigenvalue weighted by Crippen LogP contribution is -2.29. The van der Waals surface area contributed by atoms with Gasteiger partial charge in [-0.25, -0.2) is 0 Å². The van der Waals surface area contributed by atoms with E-state index in [2.05, 4.69) is 32.6 Å². The fourth-order valence-corrected chi connectivity index (χ4v) is 0.954. The van der Waals surface area contributed by atoms with E-state index in [1.54, 1.807) is 0 Å². The Morgan fingerprint density at radius 2 is 1.44 bits per heavy atom. The van der Waals surface area contributed by atoms with E-state index in [4.69, 9.17) is 0 Å². The van der Waals surface area contributed by atoms with Crippen LogP contribution in [0.4, 0.5) is 0 Å². The fraction of sp³-hybridized carbons (Fsp3) is 1.00. The average Bonchev–Trinajstić information content (AvgIpc) is 1.69. The molecule has 0 unspecified atom stereocenters. The van der Waals surface area contributed by atoms with Gasteiger partial charge < -0.3 is 11.1 Å². The largest absolute Gasteiger partial charge is 0.344 e. The van der Waals surface area contributed by atoms with Crippen LogP contribution in [0.5, 0.6) is 0 Å². The number of nitrogens with zero attached hydrogens (tertiary/aromatic N) is 1. The van der Waals surface area contributed by atoms with Crippen molar-refractivity contribution in [2.24, 2.45) is 0 Å². The third kappa shape index (κ3) is 4.43. The normalized spacial score (nSPS) is 10.0. The Kier molecular flexibility index (Phi) is 7.85. The van der Waals surface area contributed by atoms with Crippen LogP contribution in [0, 0.1) is 0 Å². The molecule has 0 aromatic carbocycles. The van der Waals surface area contributed by atoms with Crippen LogP contribution in [-0.4, -0.2) is 24.0 Å². The van der Waals surface area contributed by atoms with Gasteiger partial charge in [0.05, 0.1) is 0 Å². The predicted octanol–water partition coefficient (Wildman–Crippen LogP) is 1.90. The topological polar surface area (TPSA) is 38.2 Å². The SMILES string of the molecule is CCN(CC)C(C)C.N. The Hall–Kier alpha value is -0.0800. The Bertz CT molecular complexity index is 48.9. The molecule has 0 bridgehead atoms. The highest BCUT2D eigenvalue weighted by Crippen LogP contribution is 1.94. The second kappa shape index (κ2) is 6.05. The van der Waals surface area contributed by atoms with Gasteiger partial charge in [0.2, 0.25) is 0 Å². The van der Waals surface area contributed by atoms with E-state index >= 15 is 0 Å². The molecule has 0 aromatic rings. The second-order valence-corrected chi connectivity index (χ2v) is 2.31. The van der Waals surface area contributed by atoms with Crippen LogP contribution in [0.15, 0.2) is 0 Å². The van der Waals surface area contributed by atoms with E-state index < -0.39 is 0 Å². The molecule has 0 amide bonds. The molecule has 2 nitrogen and oxygen atoms in total. The van der Waals surface area contributed by atoms with Crippen molar-refractivity contribution in [3.05, 3.63) is 0 Å². The fourth-order valence-electron chi connectivity index (χ4n) is 0.954. The molecule has 0 saturated heterocycles. The van der Waals surface area contributed by atoms with Crippen LogP contribution in [0.2, 0.25) is 0 Å². The molecule has 2 heteroatoms. The average molecular weight is 132 g/mol. The van der Waals surface area contributed by atoms with Gasteiger partial charge in [0, 0.05) is 6.04 Å². The van der Waals surface area contributed by atoms with Gasteiger partial charge in [-0.2, -0.15) is 0 Å². The van der Waals surface area contributed by atoms with Gasteiger partial charge in [0.25, 0.3) is 0 Å². The number of rotatable bonds is 3. The summed E-state index contributed by atoms with van der Waals surface area (Å²) in [6.07, 6.45) is 0. The van der Waals surface area contributed by atoms with E-state index in [-0.39, 0.29) is 6.15 Å². The minimum atomic E-state index is 0. The van der Waals surface area contributed by atoms with Crippen molar-refractivity contribution in [2.45, 2.75) is 33.7 Å². The van der Waals surface area contributed by atoms with Gasteiger partial charge in [-0.05, 0) is 26.9 Å². The van der Waals surface area contributed by atoms with Crippen molar-refractivity contribution in [3.8, 4) is 0 Å². The molecule has 0 saturated carbocycles. The summed E-state index contributed by atoms with van der Waals surface area (Å²) >= 11 is 0. The smallest absolute Gasteiger partial charge is 0.00383 e. The van der Waals surface area contributed by atoms with Crippen molar-refractivity contribution in [1.29, 1.82) is 0 Å². The summed E-state index contributed by atoms with van der Waals surface area (Å²) in [5.41, 5.74) is 0. The summed E-state index contributed by atoms with van der Waals surface area (Å²) in [7, 11) is 0. The summed E-state index contributed by atoms with van der Waals surface area (Å²) in [6, 6.07) is 0.713. The summed E-state index contributed by atoms with van der Waals surface area (Å²) in [6.45, 7) is 11.2. The zero-order chi connectivity index (χ0) is 6.57. The second-order valence-electron chi connectivity index (χ2n) is 2.31. The van der Waals surface area contributed by atoms with Crippen LogP contribution in [0.25, 0.3) is 0 Å². The third-order valence-electron chi connectivity index (χ3n) is 1.54. The lowest BCUT2D eigenvalue weighted by atomic mass is 10.3. The molecule has 0 rings (SSSR count). The molecule has 0 aliphatic heterocycles. The van der Waals surface area contributed by atoms with Crippen LogP contribution < -0.4 is 6.15 Å². The van der Waals surface area contributed by atoms with Gasteiger partial charge in [-0.15, -0.1) is 0 Å². The summed E-state index contributed by atoms with van der Waals surface area (Å²) in [5, 5.41) is 0. The summed E-state index contributed by atoms with van der Waals surface area (Å²) in [5.74, 6) is 0. The monoisotopic (exact) mass is 132 g/mol. The first kappa shape index (κ1) is 11.7. The van der Waals surface area contributed by atoms with Gasteiger partial charge in [0.15, 0.2) is 0 Å².